The Kier molecular flexibility index (Phi) is 4.69. The van der Waals surface area contributed by atoms with Crippen LogP contribution in [0.4, 0.5) is 13.2 Å². The second-order valence-electron chi connectivity index (χ2n) is 4.34. The van der Waals surface area contributed by atoms with E-state index in [2.05, 4.69) is 4.98 Å². The van der Waals surface area contributed by atoms with Crippen LogP contribution in [0.3, 0.4) is 0 Å². The van der Waals surface area contributed by atoms with Gasteiger partial charge < -0.3 is 10.5 Å². The molecular weight excluding hydrogens is 305 g/mol. The van der Waals surface area contributed by atoms with Crippen molar-refractivity contribution in [2.24, 2.45) is 5.73 Å². The molecule has 2 aromatic rings. The van der Waals surface area contributed by atoms with Crippen molar-refractivity contribution in [1.82, 2.24) is 4.98 Å². The normalized spacial score (nSPS) is 13.0. The summed E-state index contributed by atoms with van der Waals surface area (Å²) in [5.41, 5.74) is 4.87. The summed E-state index contributed by atoms with van der Waals surface area (Å²) in [7, 11) is 0. The molecule has 0 aliphatic rings. The summed E-state index contributed by atoms with van der Waals surface area (Å²) in [5.74, 6) is 0.440. The molecule has 1 aromatic carbocycles. The summed E-state index contributed by atoms with van der Waals surface area (Å²) in [4.78, 5) is 3.69. The van der Waals surface area contributed by atoms with E-state index < -0.39 is 17.8 Å². The second-order valence-corrected chi connectivity index (χ2v) is 4.77. The van der Waals surface area contributed by atoms with Gasteiger partial charge in [0, 0.05) is 23.0 Å². The molecule has 1 unspecified atom stereocenters. The van der Waals surface area contributed by atoms with Gasteiger partial charge in [-0.3, -0.25) is 4.98 Å². The smallest absolute Gasteiger partial charge is 0.416 e. The van der Waals surface area contributed by atoms with Crippen LogP contribution in [-0.4, -0.2) is 11.6 Å². The third kappa shape index (κ3) is 4.09. The van der Waals surface area contributed by atoms with Crippen LogP contribution in [0.1, 0.15) is 17.2 Å². The van der Waals surface area contributed by atoms with E-state index in [4.69, 9.17) is 22.1 Å². The molecule has 3 nitrogen and oxygen atoms in total. The minimum absolute atomic E-state index is 0.105. The summed E-state index contributed by atoms with van der Waals surface area (Å²) in [6.45, 7) is -0.116. The summed E-state index contributed by atoms with van der Waals surface area (Å²) in [5, 5.41) is 0.471. The lowest BCUT2D eigenvalue weighted by Crippen LogP contribution is -2.23. The number of aromatic nitrogens is 1. The molecular formula is C14H12ClF3N2O. The Bertz CT molecular complexity index is 619. The average molecular weight is 317 g/mol. The first-order valence-corrected chi connectivity index (χ1v) is 6.41. The van der Waals surface area contributed by atoms with Gasteiger partial charge in [-0.2, -0.15) is 13.2 Å². The van der Waals surface area contributed by atoms with Crippen molar-refractivity contribution in [3.63, 3.8) is 0 Å². The van der Waals surface area contributed by atoms with E-state index in [1.165, 1.54) is 0 Å². The maximum Gasteiger partial charge on any atom is 0.416 e. The summed E-state index contributed by atoms with van der Waals surface area (Å²) >= 11 is 5.79. The van der Waals surface area contributed by atoms with Crippen LogP contribution >= 0.6 is 11.6 Å². The van der Waals surface area contributed by atoms with Gasteiger partial charge in [-0.25, -0.2) is 0 Å². The molecule has 2 N–H and O–H groups in total. The van der Waals surface area contributed by atoms with Crippen LogP contribution in [0.2, 0.25) is 5.02 Å². The van der Waals surface area contributed by atoms with E-state index in [0.717, 1.165) is 18.5 Å². The molecule has 1 aromatic heterocycles. The molecule has 0 aliphatic carbocycles. The fraction of sp³-hybridized carbons (Fsp3) is 0.214. The quantitative estimate of drug-likeness (QED) is 0.932. The fourth-order valence-electron chi connectivity index (χ4n) is 1.79. The molecule has 0 bridgehead atoms. The van der Waals surface area contributed by atoms with Gasteiger partial charge in [0.05, 0.1) is 11.6 Å². The maximum absolute atomic E-state index is 12.9. The number of halogens is 4. The maximum atomic E-state index is 12.9. The Morgan fingerprint density at radius 2 is 2.05 bits per heavy atom. The Labute approximate surface area is 124 Å². The van der Waals surface area contributed by atoms with Gasteiger partial charge in [0.1, 0.15) is 12.4 Å². The highest BCUT2D eigenvalue weighted by atomic mass is 35.5. The molecule has 0 fully saturated rings. The highest BCUT2D eigenvalue weighted by Gasteiger charge is 2.34. The van der Waals surface area contributed by atoms with Gasteiger partial charge in [0.15, 0.2) is 0 Å². The van der Waals surface area contributed by atoms with Gasteiger partial charge in [-0.15, -0.1) is 0 Å². The summed E-state index contributed by atoms with van der Waals surface area (Å²) in [6, 6.07) is 6.49. The zero-order valence-corrected chi connectivity index (χ0v) is 11.5. The fourth-order valence-corrected chi connectivity index (χ4v) is 1.97. The van der Waals surface area contributed by atoms with Crippen molar-refractivity contribution in [3.05, 3.63) is 58.9 Å². The zero-order valence-electron chi connectivity index (χ0n) is 10.8. The van der Waals surface area contributed by atoms with Crippen LogP contribution in [0.15, 0.2) is 42.7 Å². The topological polar surface area (TPSA) is 48.1 Å². The molecule has 0 radical (unpaired) electrons. The number of benzene rings is 1. The van der Waals surface area contributed by atoms with Gasteiger partial charge in [-0.1, -0.05) is 17.7 Å². The molecule has 21 heavy (non-hydrogen) atoms. The van der Waals surface area contributed by atoms with Gasteiger partial charge in [0.25, 0.3) is 0 Å². The van der Waals surface area contributed by atoms with Crippen molar-refractivity contribution < 1.29 is 17.9 Å². The van der Waals surface area contributed by atoms with Gasteiger partial charge >= 0.3 is 6.18 Å². The summed E-state index contributed by atoms with van der Waals surface area (Å²) < 4.78 is 44.0. The molecule has 0 saturated heterocycles. The number of ether oxygens (including phenoxy) is 1. The number of hydrogen-bond acceptors (Lipinski definition) is 3. The van der Waals surface area contributed by atoms with Crippen molar-refractivity contribution in [2.45, 2.75) is 12.2 Å². The minimum atomic E-state index is -4.48. The minimum Gasteiger partial charge on any atom is -0.492 e. The third-order valence-corrected chi connectivity index (χ3v) is 3.02. The molecule has 112 valence electrons. The lowest BCUT2D eigenvalue weighted by Gasteiger charge is -2.18. The largest absolute Gasteiger partial charge is 0.492 e. The predicted molar refractivity (Wildman–Crippen MR) is 73.1 cm³/mol. The standard InChI is InChI=1S/C14H12ClF3N2O/c15-9-2-1-3-10(6-9)21-8-13(19)11-7-20-5-4-12(11)14(16,17)18/h1-7,13H,8,19H2. The lowest BCUT2D eigenvalue weighted by atomic mass is 10.0. The number of nitrogens with zero attached hydrogens (tertiary/aromatic N) is 1. The van der Waals surface area contributed by atoms with E-state index >= 15 is 0 Å². The highest BCUT2D eigenvalue weighted by Crippen LogP contribution is 2.33. The SMILES string of the molecule is NC(COc1cccc(Cl)c1)c1cnccc1C(F)(F)F. The summed E-state index contributed by atoms with van der Waals surface area (Å²) in [6.07, 6.45) is -2.29. The number of alkyl halides is 3. The Morgan fingerprint density at radius 1 is 1.29 bits per heavy atom. The van der Waals surface area contributed by atoms with Crippen LogP contribution in [0.5, 0.6) is 5.75 Å². The molecule has 1 heterocycles. The number of pyridine rings is 1. The first-order valence-electron chi connectivity index (χ1n) is 6.03. The predicted octanol–water partition coefficient (Wildman–Crippen LogP) is 3.83. The van der Waals surface area contributed by atoms with Crippen molar-refractivity contribution in [3.8, 4) is 5.75 Å². The van der Waals surface area contributed by atoms with E-state index in [-0.39, 0.29) is 12.2 Å². The van der Waals surface area contributed by atoms with Crippen LogP contribution in [0.25, 0.3) is 0 Å². The zero-order chi connectivity index (χ0) is 15.5. The van der Waals surface area contributed by atoms with Crippen molar-refractivity contribution in [2.75, 3.05) is 6.61 Å². The van der Waals surface area contributed by atoms with Gasteiger partial charge in [0.2, 0.25) is 0 Å². The third-order valence-electron chi connectivity index (χ3n) is 2.78. The molecule has 0 aliphatic heterocycles. The second kappa shape index (κ2) is 6.32. The molecule has 0 saturated carbocycles. The number of nitrogens with two attached hydrogens (primary N) is 1. The highest BCUT2D eigenvalue weighted by molar-refractivity contribution is 6.30. The molecule has 7 heteroatoms. The first kappa shape index (κ1) is 15.6. The first-order chi connectivity index (χ1) is 9.88. The average Bonchev–Trinajstić information content (AvgIpc) is 2.44. The Hall–Kier alpha value is -1.79. The molecule has 0 spiro atoms. The Morgan fingerprint density at radius 3 is 2.71 bits per heavy atom. The van der Waals surface area contributed by atoms with Crippen molar-refractivity contribution >= 4 is 11.6 Å². The van der Waals surface area contributed by atoms with E-state index in [1.54, 1.807) is 24.3 Å². The van der Waals surface area contributed by atoms with Gasteiger partial charge in [-0.05, 0) is 24.3 Å². The molecule has 1 atom stereocenters. The monoisotopic (exact) mass is 316 g/mol. The van der Waals surface area contributed by atoms with Crippen LogP contribution in [-0.2, 0) is 6.18 Å². The van der Waals surface area contributed by atoms with Crippen LogP contribution < -0.4 is 10.5 Å². The van der Waals surface area contributed by atoms with Crippen molar-refractivity contribution in [1.29, 1.82) is 0 Å². The Balaban J connectivity index is 2.12. The number of hydrogen-bond donors (Lipinski definition) is 1. The van der Waals surface area contributed by atoms with E-state index in [1.807, 2.05) is 0 Å². The van der Waals surface area contributed by atoms with E-state index in [9.17, 15) is 13.2 Å². The molecule has 2 rings (SSSR count). The number of rotatable bonds is 4. The molecule has 0 amide bonds. The van der Waals surface area contributed by atoms with E-state index in [0.29, 0.717) is 10.8 Å². The van der Waals surface area contributed by atoms with Crippen LogP contribution in [0, 0.1) is 0 Å². The lowest BCUT2D eigenvalue weighted by molar-refractivity contribution is -0.138.